The standard InChI is InChI=1S/C25H20N8.C23H15N7.C2H6/c1-33(2)17-9-16(11-26-12-17)15-6-7-21-18(10-15)24(32-31-21)25-29-22-14-27-13-19(23(22)30-25)20-5-3-4-8-28-20;1-2-9-26-18(5-1)17-12-25-13-20-21(17)28-23(27-20)22-16-10-14(6-7-19(16)29-30-22)15-4-3-8-24-11-15;1-2/h3-14H,1-2H3,(H,29,30)(H,31,32);1-13H,(H,27,28)(H,29,30);1-2H3. The van der Waals surface area contributed by atoms with E-state index >= 15 is 0 Å². The third-order valence-electron chi connectivity index (χ3n) is 10.8. The highest BCUT2D eigenvalue weighted by molar-refractivity contribution is 5.99. The molecule has 4 N–H and O–H groups in total. The molecule has 10 aromatic heterocycles. The summed E-state index contributed by atoms with van der Waals surface area (Å²) in [7, 11) is 4.02. The number of nitrogens with one attached hydrogen (secondary N) is 4. The lowest BCUT2D eigenvalue weighted by Gasteiger charge is -2.13. The maximum absolute atomic E-state index is 4.88. The van der Waals surface area contributed by atoms with Gasteiger partial charge in [0.15, 0.2) is 11.6 Å². The van der Waals surface area contributed by atoms with Crippen LogP contribution in [0, 0.1) is 0 Å². The highest BCUT2D eigenvalue weighted by atomic mass is 15.1. The van der Waals surface area contributed by atoms with Crippen LogP contribution in [0.15, 0.2) is 153 Å². The van der Waals surface area contributed by atoms with Gasteiger partial charge in [0.2, 0.25) is 0 Å². The maximum Gasteiger partial charge on any atom is 0.159 e. The Morgan fingerprint density at radius 3 is 1.49 bits per heavy atom. The number of fused-ring (bicyclic) bond motifs is 4. The van der Waals surface area contributed by atoms with Gasteiger partial charge >= 0.3 is 0 Å². The molecule has 0 atom stereocenters. The summed E-state index contributed by atoms with van der Waals surface area (Å²) in [4.78, 5) is 44.8. The van der Waals surface area contributed by atoms with Crippen molar-refractivity contribution in [1.29, 1.82) is 0 Å². The van der Waals surface area contributed by atoms with Gasteiger partial charge < -0.3 is 14.9 Å². The van der Waals surface area contributed by atoms with E-state index in [4.69, 9.17) is 9.97 Å². The number of pyridine rings is 6. The summed E-state index contributed by atoms with van der Waals surface area (Å²) in [5, 5.41) is 17.3. The molecule has 0 unspecified atom stereocenters. The van der Waals surface area contributed by atoms with Crippen molar-refractivity contribution in [2.75, 3.05) is 19.0 Å². The Bertz CT molecular complexity index is 3560. The van der Waals surface area contributed by atoms with Crippen LogP contribution in [0.25, 0.3) is 112 Å². The van der Waals surface area contributed by atoms with Crippen LogP contribution in [-0.2, 0) is 0 Å². The number of anilines is 1. The molecular formula is C50H41N15. The molecule has 316 valence electrons. The highest BCUT2D eigenvalue weighted by Gasteiger charge is 2.18. The first-order valence-electron chi connectivity index (χ1n) is 21.0. The van der Waals surface area contributed by atoms with E-state index < -0.39 is 0 Å². The second-order valence-electron chi connectivity index (χ2n) is 15.0. The van der Waals surface area contributed by atoms with Gasteiger partial charge in [0.1, 0.15) is 22.4 Å². The van der Waals surface area contributed by atoms with E-state index in [-0.39, 0.29) is 0 Å². The van der Waals surface area contributed by atoms with Crippen molar-refractivity contribution >= 4 is 49.6 Å². The molecule has 12 rings (SSSR count). The molecule has 15 heteroatoms. The number of aromatic amines is 4. The number of hydrogen-bond donors (Lipinski definition) is 4. The summed E-state index contributed by atoms with van der Waals surface area (Å²) in [5.41, 5.74) is 15.4. The van der Waals surface area contributed by atoms with Gasteiger partial charge in [-0.05, 0) is 71.8 Å². The summed E-state index contributed by atoms with van der Waals surface area (Å²) in [5.74, 6) is 1.36. The summed E-state index contributed by atoms with van der Waals surface area (Å²) < 4.78 is 0. The third-order valence-corrected chi connectivity index (χ3v) is 10.8. The van der Waals surface area contributed by atoms with Crippen LogP contribution in [0.4, 0.5) is 5.69 Å². The molecule has 0 aliphatic rings. The van der Waals surface area contributed by atoms with Crippen molar-refractivity contribution in [1.82, 2.24) is 70.2 Å². The minimum atomic E-state index is 0.679. The molecule has 0 fully saturated rings. The van der Waals surface area contributed by atoms with Gasteiger partial charge in [0.25, 0.3) is 0 Å². The second-order valence-corrected chi connectivity index (χ2v) is 15.0. The van der Waals surface area contributed by atoms with E-state index in [2.05, 4.69) is 90.6 Å². The van der Waals surface area contributed by atoms with Crippen LogP contribution in [0.2, 0.25) is 0 Å². The highest BCUT2D eigenvalue weighted by Crippen LogP contribution is 2.34. The molecule has 0 aliphatic carbocycles. The monoisotopic (exact) mass is 851 g/mol. The molecule has 0 amide bonds. The lowest BCUT2D eigenvalue weighted by molar-refractivity contribution is 1.10. The molecule has 10 heterocycles. The zero-order chi connectivity index (χ0) is 44.3. The molecule has 15 nitrogen and oxygen atoms in total. The number of nitrogens with zero attached hydrogens (tertiary/aromatic N) is 11. The SMILES string of the molecule is CC.CN(C)c1cncc(-c2ccc3[nH]nc(-c4nc5c(-c6ccccn6)cncc5[nH]4)c3c2)c1.c1ccc(-c2cncc3[nH]c(-c4n[nH]c5ccc(-c6cccnc6)cc45)nc23)nc1. The van der Waals surface area contributed by atoms with Gasteiger partial charge in [-0.2, -0.15) is 10.2 Å². The van der Waals surface area contributed by atoms with Crippen LogP contribution >= 0.6 is 0 Å². The number of aromatic nitrogens is 14. The lowest BCUT2D eigenvalue weighted by Crippen LogP contribution is -2.08. The molecule has 0 aliphatic heterocycles. The van der Waals surface area contributed by atoms with Crippen LogP contribution in [-0.4, -0.2) is 84.3 Å². The Morgan fingerprint density at radius 2 is 0.985 bits per heavy atom. The average molecular weight is 852 g/mol. The third kappa shape index (κ3) is 7.78. The normalized spacial score (nSPS) is 11.1. The van der Waals surface area contributed by atoms with E-state index in [0.717, 1.165) is 106 Å². The van der Waals surface area contributed by atoms with Crippen molar-refractivity contribution in [3.05, 3.63) is 153 Å². The fraction of sp³-hybridized carbons (Fsp3) is 0.0800. The summed E-state index contributed by atoms with van der Waals surface area (Å²) >= 11 is 0. The summed E-state index contributed by atoms with van der Waals surface area (Å²) in [6.45, 7) is 4.00. The zero-order valence-electron chi connectivity index (χ0n) is 35.9. The zero-order valence-corrected chi connectivity index (χ0v) is 35.9. The summed E-state index contributed by atoms with van der Waals surface area (Å²) in [6, 6.07) is 30.1. The van der Waals surface area contributed by atoms with E-state index in [0.29, 0.717) is 11.6 Å². The average Bonchev–Trinajstić information content (AvgIpc) is 4.20. The van der Waals surface area contributed by atoms with Crippen molar-refractivity contribution in [3.63, 3.8) is 0 Å². The van der Waals surface area contributed by atoms with Gasteiger partial charge in [-0.15, -0.1) is 0 Å². The quantitative estimate of drug-likeness (QED) is 0.119. The number of rotatable bonds is 7. The van der Waals surface area contributed by atoms with Gasteiger partial charge in [0.05, 0.1) is 57.7 Å². The minimum Gasteiger partial charge on any atom is -0.376 e. The Kier molecular flexibility index (Phi) is 10.7. The predicted molar refractivity (Wildman–Crippen MR) is 257 cm³/mol. The smallest absolute Gasteiger partial charge is 0.159 e. The van der Waals surface area contributed by atoms with Gasteiger partial charge in [-0.25, -0.2) is 9.97 Å². The van der Waals surface area contributed by atoms with Crippen molar-refractivity contribution < 1.29 is 0 Å². The fourth-order valence-corrected chi connectivity index (χ4v) is 7.62. The molecule has 0 spiro atoms. The molecule has 65 heavy (non-hydrogen) atoms. The van der Waals surface area contributed by atoms with E-state index in [1.807, 2.05) is 112 Å². The van der Waals surface area contributed by atoms with E-state index in [1.54, 1.807) is 43.4 Å². The van der Waals surface area contributed by atoms with E-state index in [9.17, 15) is 0 Å². The summed E-state index contributed by atoms with van der Waals surface area (Å²) in [6.07, 6.45) is 18.0. The largest absolute Gasteiger partial charge is 0.376 e. The Balaban J connectivity index is 0.000000148. The number of H-pyrrole nitrogens is 4. The van der Waals surface area contributed by atoms with Crippen LogP contribution in [0.5, 0.6) is 0 Å². The molecule has 12 aromatic rings. The molecule has 0 radical (unpaired) electrons. The predicted octanol–water partition coefficient (Wildman–Crippen LogP) is 10.3. The Labute approximate surface area is 372 Å². The topological polar surface area (TPSA) is 195 Å². The van der Waals surface area contributed by atoms with Crippen molar-refractivity contribution in [2.24, 2.45) is 0 Å². The molecule has 0 bridgehead atoms. The minimum absolute atomic E-state index is 0.679. The van der Waals surface area contributed by atoms with Crippen molar-refractivity contribution in [2.45, 2.75) is 13.8 Å². The van der Waals surface area contributed by atoms with E-state index in [1.165, 1.54) is 0 Å². The molecular weight excluding hydrogens is 811 g/mol. The van der Waals surface area contributed by atoms with Crippen LogP contribution < -0.4 is 4.90 Å². The lowest BCUT2D eigenvalue weighted by atomic mass is 10.0. The van der Waals surface area contributed by atoms with Gasteiger partial charge in [0, 0.05) is 90.5 Å². The number of benzene rings is 2. The molecule has 2 aromatic carbocycles. The van der Waals surface area contributed by atoms with Gasteiger partial charge in [-0.3, -0.25) is 40.1 Å². The van der Waals surface area contributed by atoms with Gasteiger partial charge in [-0.1, -0.05) is 44.2 Å². The van der Waals surface area contributed by atoms with Crippen molar-refractivity contribution in [3.8, 4) is 67.8 Å². The fourth-order valence-electron chi connectivity index (χ4n) is 7.62. The second kappa shape index (κ2) is 17.4. The molecule has 0 saturated carbocycles. The first-order chi connectivity index (χ1) is 32.0. The Hall–Kier alpha value is -8.98. The van der Waals surface area contributed by atoms with Crippen LogP contribution in [0.1, 0.15) is 13.8 Å². The number of hydrogen-bond acceptors (Lipinski definition) is 11. The van der Waals surface area contributed by atoms with Crippen LogP contribution in [0.3, 0.4) is 0 Å². The number of imidazole rings is 2. The maximum atomic E-state index is 4.88. The first kappa shape index (κ1) is 40.1. The first-order valence-corrected chi connectivity index (χ1v) is 21.0. The Morgan fingerprint density at radius 1 is 0.446 bits per heavy atom. The molecule has 0 saturated heterocycles.